The number of aromatic nitrogens is 1. The van der Waals surface area contributed by atoms with Crippen molar-refractivity contribution in [2.24, 2.45) is 0 Å². The first-order valence-electron chi connectivity index (χ1n) is 9.40. The van der Waals surface area contributed by atoms with E-state index < -0.39 is 11.8 Å². The molecule has 0 bridgehead atoms. The summed E-state index contributed by atoms with van der Waals surface area (Å²) in [5.74, 6) is 1.66. The summed E-state index contributed by atoms with van der Waals surface area (Å²) >= 11 is 5.31. The summed E-state index contributed by atoms with van der Waals surface area (Å²) in [6.07, 6.45) is 8.94. The van der Waals surface area contributed by atoms with E-state index in [1.165, 1.54) is 4.90 Å². The fourth-order valence-electron chi connectivity index (χ4n) is 3.71. The lowest BCUT2D eigenvalue weighted by atomic mass is 10.0. The summed E-state index contributed by atoms with van der Waals surface area (Å²) in [6.45, 7) is 4.28. The number of carbonyl (C=O) groups is 2. The summed E-state index contributed by atoms with van der Waals surface area (Å²) in [5, 5.41) is 3.62. The van der Waals surface area contributed by atoms with Crippen LogP contribution in [0.3, 0.4) is 0 Å². The van der Waals surface area contributed by atoms with Gasteiger partial charge in [-0.25, -0.2) is 0 Å². The van der Waals surface area contributed by atoms with Crippen LogP contribution in [0.2, 0.25) is 0 Å². The summed E-state index contributed by atoms with van der Waals surface area (Å²) in [5.41, 5.74) is 4.32. The molecule has 0 saturated carbocycles. The molecule has 3 aromatic rings. The number of terminal acetylenes is 1. The Morgan fingerprint density at radius 2 is 1.93 bits per heavy atom. The van der Waals surface area contributed by atoms with Crippen LogP contribution in [0.4, 0.5) is 5.69 Å². The van der Waals surface area contributed by atoms with Crippen molar-refractivity contribution < 1.29 is 9.59 Å². The number of aryl methyl sites for hydroxylation is 2. The number of hydrogen-bond donors (Lipinski definition) is 1. The van der Waals surface area contributed by atoms with Crippen LogP contribution in [0.1, 0.15) is 16.7 Å². The van der Waals surface area contributed by atoms with E-state index in [2.05, 4.69) is 11.2 Å². The van der Waals surface area contributed by atoms with Gasteiger partial charge in [-0.3, -0.25) is 19.8 Å². The maximum Gasteiger partial charge on any atom is 0.270 e. The second-order valence-electron chi connectivity index (χ2n) is 7.18. The molecule has 0 atom stereocenters. The lowest BCUT2D eigenvalue weighted by molar-refractivity contribution is -0.122. The summed E-state index contributed by atoms with van der Waals surface area (Å²) in [7, 11) is 0. The quantitative estimate of drug-likeness (QED) is 0.308. The first kappa shape index (κ1) is 19.6. The maximum atomic E-state index is 13.3. The minimum absolute atomic E-state index is 0.0205. The van der Waals surface area contributed by atoms with Crippen LogP contribution < -0.4 is 10.2 Å². The Bertz CT molecular complexity index is 1290. The molecule has 0 spiro atoms. The zero-order chi connectivity index (χ0) is 21.4. The van der Waals surface area contributed by atoms with Gasteiger partial charge in [-0.1, -0.05) is 41.8 Å². The van der Waals surface area contributed by atoms with Gasteiger partial charge in [0.1, 0.15) is 5.57 Å². The Labute approximate surface area is 180 Å². The van der Waals surface area contributed by atoms with Crippen molar-refractivity contribution in [3.05, 3.63) is 70.9 Å². The highest BCUT2D eigenvalue weighted by Crippen LogP contribution is 2.28. The highest BCUT2D eigenvalue weighted by Gasteiger charge is 2.35. The molecule has 2 heterocycles. The first-order valence-corrected chi connectivity index (χ1v) is 9.81. The molecular formula is C24H19N3O2S. The van der Waals surface area contributed by atoms with E-state index in [4.69, 9.17) is 18.6 Å². The molecule has 2 aromatic carbocycles. The Balaban J connectivity index is 1.83. The summed E-state index contributed by atoms with van der Waals surface area (Å²) in [6, 6.07) is 13.4. The number of nitrogens with zero attached hydrogens (tertiary/aromatic N) is 2. The monoisotopic (exact) mass is 413 g/mol. The van der Waals surface area contributed by atoms with Gasteiger partial charge in [0.05, 0.1) is 12.2 Å². The minimum atomic E-state index is -0.514. The zero-order valence-electron chi connectivity index (χ0n) is 16.6. The minimum Gasteiger partial charge on any atom is -0.335 e. The second-order valence-corrected chi connectivity index (χ2v) is 7.57. The van der Waals surface area contributed by atoms with E-state index in [1.807, 2.05) is 67.1 Å². The molecule has 1 fully saturated rings. The van der Waals surface area contributed by atoms with Crippen LogP contribution in [0, 0.1) is 26.2 Å². The molecule has 2 amide bonds. The van der Waals surface area contributed by atoms with Crippen molar-refractivity contribution in [2.45, 2.75) is 20.4 Å². The molecule has 1 aliphatic rings. The Morgan fingerprint density at radius 1 is 1.17 bits per heavy atom. The average Bonchev–Trinajstić information content (AvgIpc) is 3.05. The fourth-order valence-corrected chi connectivity index (χ4v) is 3.98. The van der Waals surface area contributed by atoms with Gasteiger partial charge in [0, 0.05) is 22.7 Å². The summed E-state index contributed by atoms with van der Waals surface area (Å²) in [4.78, 5) is 27.4. The van der Waals surface area contributed by atoms with Crippen molar-refractivity contribution in [2.75, 3.05) is 4.90 Å². The molecule has 1 aliphatic heterocycles. The first-order chi connectivity index (χ1) is 14.4. The van der Waals surface area contributed by atoms with Gasteiger partial charge in [0.2, 0.25) is 0 Å². The number of nitrogens with one attached hydrogen (secondary N) is 1. The molecule has 1 aromatic heterocycles. The van der Waals surface area contributed by atoms with Crippen LogP contribution in [0.5, 0.6) is 0 Å². The van der Waals surface area contributed by atoms with Crippen molar-refractivity contribution in [3.8, 4) is 12.3 Å². The maximum absolute atomic E-state index is 13.3. The molecule has 0 unspecified atom stereocenters. The third-order valence-corrected chi connectivity index (χ3v) is 5.36. The number of amides is 2. The predicted octanol–water partition coefficient (Wildman–Crippen LogP) is 3.72. The predicted molar refractivity (Wildman–Crippen MR) is 123 cm³/mol. The van der Waals surface area contributed by atoms with Crippen molar-refractivity contribution in [1.29, 1.82) is 0 Å². The third-order valence-electron chi connectivity index (χ3n) is 5.08. The molecule has 1 N–H and O–H groups in total. The van der Waals surface area contributed by atoms with Crippen molar-refractivity contribution in [1.82, 2.24) is 9.88 Å². The number of benzene rings is 2. The standard InChI is InChI=1S/C24H19N3O2S/c1-4-11-26-14-17(18-7-5-6-8-21(18)26)13-19-22(28)25-24(30)27(23(19)29)20-10-9-15(2)12-16(20)3/h1,5-10,12-14H,11H2,2-3H3,(H,25,28,30)/b19-13+. The van der Waals surface area contributed by atoms with E-state index in [1.54, 1.807) is 6.08 Å². The number of rotatable bonds is 3. The normalized spacial score (nSPS) is 15.6. The fraction of sp³-hybridized carbons (Fsp3) is 0.125. The highest BCUT2D eigenvalue weighted by atomic mass is 32.1. The van der Waals surface area contributed by atoms with E-state index in [-0.39, 0.29) is 10.7 Å². The molecule has 4 rings (SSSR count). The molecule has 6 heteroatoms. The van der Waals surface area contributed by atoms with Gasteiger partial charge in [-0.2, -0.15) is 0 Å². The van der Waals surface area contributed by atoms with Crippen LogP contribution in [0.15, 0.2) is 54.2 Å². The van der Waals surface area contributed by atoms with Crippen LogP contribution in [-0.4, -0.2) is 21.5 Å². The van der Waals surface area contributed by atoms with Gasteiger partial charge in [0.25, 0.3) is 11.8 Å². The molecule has 5 nitrogen and oxygen atoms in total. The van der Waals surface area contributed by atoms with Gasteiger partial charge < -0.3 is 4.57 Å². The van der Waals surface area contributed by atoms with Crippen LogP contribution in [0.25, 0.3) is 17.0 Å². The lowest BCUT2D eigenvalue weighted by Crippen LogP contribution is -2.54. The number of thiocarbonyl (C=S) groups is 1. The van der Waals surface area contributed by atoms with E-state index in [0.717, 1.165) is 27.6 Å². The smallest absolute Gasteiger partial charge is 0.270 e. The number of anilines is 1. The van der Waals surface area contributed by atoms with E-state index in [0.29, 0.717) is 12.2 Å². The Kier molecular flexibility index (Phi) is 4.98. The second kappa shape index (κ2) is 7.62. The van der Waals surface area contributed by atoms with Crippen LogP contribution in [-0.2, 0) is 16.1 Å². The summed E-state index contributed by atoms with van der Waals surface area (Å²) < 4.78 is 1.92. The van der Waals surface area contributed by atoms with Gasteiger partial charge >= 0.3 is 0 Å². The van der Waals surface area contributed by atoms with E-state index >= 15 is 0 Å². The number of carbonyl (C=O) groups excluding carboxylic acids is 2. The largest absolute Gasteiger partial charge is 0.335 e. The number of para-hydroxylation sites is 1. The Morgan fingerprint density at radius 3 is 2.67 bits per heavy atom. The lowest BCUT2D eigenvalue weighted by Gasteiger charge is -2.30. The van der Waals surface area contributed by atoms with Gasteiger partial charge in [-0.15, -0.1) is 6.42 Å². The van der Waals surface area contributed by atoms with Crippen molar-refractivity contribution in [3.63, 3.8) is 0 Å². The molecule has 0 radical (unpaired) electrons. The van der Waals surface area contributed by atoms with Crippen LogP contribution >= 0.6 is 12.2 Å². The average molecular weight is 414 g/mol. The third kappa shape index (κ3) is 3.30. The topological polar surface area (TPSA) is 54.3 Å². The van der Waals surface area contributed by atoms with E-state index in [9.17, 15) is 9.59 Å². The molecule has 0 aliphatic carbocycles. The molecule has 148 valence electrons. The molecule has 1 saturated heterocycles. The number of hydrogen-bond acceptors (Lipinski definition) is 3. The zero-order valence-corrected chi connectivity index (χ0v) is 17.4. The van der Waals surface area contributed by atoms with Gasteiger partial charge in [0.15, 0.2) is 5.11 Å². The molecule has 30 heavy (non-hydrogen) atoms. The highest BCUT2D eigenvalue weighted by molar-refractivity contribution is 7.80. The van der Waals surface area contributed by atoms with Crippen molar-refractivity contribution >= 4 is 51.8 Å². The van der Waals surface area contributed by atoms with Gasteiger partial charge in [-0.05, 0) is 49.8 Å². The number of fused-ring (bicyclic) bond motifs is 1. The Hall–Kier alpha value is -3.69. The molecular weight excluding hydrogens is 394 g/mol. The SMILES string of the molecule is C#CCn1cc(/C=C2\C(=O)NC(=S)N(c3ccc(C)cc3C)C2=O)c2ccccc21.